The number of aliphatic hydroxyl groups excluding tert-OH is 2. The van der Waals surface area contributed by atoms with Gasteiger partial charge in [-0.05, 0) is 24.6 Å². The van der Waals surface area contributed by atoms with Gasteiger partial charge in [0.1, 0.15) is 11.9 Å². The molecule has 2 unspecified atom stereocenters. The number of halogens is 3. The summed E-state index contributed by atoms with van der Waals surface area (Å²) in [5, 5.41) is 31.4. The molecule has 5 nitrogen and oxygen atoms in total. The Morgan fingerprint density at radius 1 is 1.33 bits per heavy atom. The summed E-state index contributed by atoms with van der Waals surface area (Å²) in [5.41, 5.74) is -1.46. The van der Waals surface area contributed by atoms with Crippen LogP contribution in [0.3, 0.4) is 0 Å². The van der Waals surface area contributed by atoms with E-state index in [1.807, 2.05) is 0 Å². The average Bonchev–Trinajstić information content (AvgIpc) is 2.36. The number of aliphatic hydroxyl groups is 2. The highest BCUT2D eigenvalue weighted by atomic mass is 19.4. The number of carbonyl (C=O) groups is 1. The smallest absolute Gasteiger partial charge is 0.416 e. The molecule has 1 rings (SSSR count). The molecule has 0 saturated carbocycles. The zero-order valence-electron chi connectivity index (χ0n) is 11.2. The van der Waals surface area contributed by atoms with Crippen molar-refractivity contribution in [3.8, 4) is 5.75 Å². The number of phenols is 1. The third-order valence-corrected chi connectivity index (χ3v) is 2.85. The van der Waals surface area contributed by atoms with Crippen LogP contribution in [0, 0.1) is 0 Å². The molecule has 21 heavy (non-hydrogen) atoms. The van der Waals surface area contributed by atoms with E-state index in [1.54, 1.807) is 0 Å². The molecule has 8 heteroatoms. The quantitative estimate of drug-likeness (QED) is 0.661. The number of phenolic OH excluding ortho intramolecular Hbond substituents is 1. The Morgan fingerprint density at radius 3 is 2.48 bits per heavy atom. The van der Waals surface area contributed by atoms with E-state index in [9.17, 15) is 33.3 Å². The summed E-state index contributed by atoms with van der Waals surface area (Å²) in [4.78, 5) is 10.7. The lowest BCUT2D eigenvalue weighted by atomic mass is 9.99. The SMILES string of the molecule is CC(=O)NCCC(O)C(O)c1cc(C(F)(F)F)ccc1O. The lowest BCUT2D eigenvalue weighted by Gasteiger charge is -2.20. The number of hydrogen-bond acceptors (Lipinski definition) is 4. The lowest BCUT2D eigenvalue weighted by molar-refractivity contribution is -0.137. The third-order valence-electron chi connectivity index (χ3n) is 2.85. The van der Waals surface area contributed by atoms with E-state index < -0.39 is 35.3 Å². The maximum atomic E-state index is 12.6. The summed E-state index contributed by atoms with van der Waals surface area (Å²) in [7, 11) is 0. The summed E-state index contributed by atoms with van der Waals surface area (Å²) in [6.07, 6.45) is -7.81. The molecule has 2 atom stereocenters. The first-order valence-corrected chi connectivity index (χ1v) is 6.13. The van der Waals surface area contributed by atoms with Gasteiger partial charge in [0.05, 0.1) is 11.7 Å². The van der Waals surface area contributed by atoms with Crippen LogP contribution in [-0.4, -0.2) is 33.9 Å². The van der Waals surface area contributed by atoms with Crippen LogP contribution in [0.4, 0.5) is 13.2 Å². The first-order chi connectivity index (χ1) is 9.62. The van der Waals surface area contributed by atoms with Gasteiger partial charge in [0.25, 0.3) is 0 Å². The molecule has 0 fully saturated rings. The van der Waals surface area contributed by atoms with Crippen molar-refractivity contribution >= 4 is 5.91 Å². The van der Waals surface area contributed by atoms with Gasteiger partial charge >= 0.3 is 6.18 Å². The molecule has 0 aliphatic carbocycles. The van der Waals surface area contributed by atoms with Crippen LogP contribution in [0.5, 0.6) is 5.75 Å². The molecule has 0 aliphatic rings. The van der Waals surface area contributed by atoms with Crippen LogP contribution < -0.4 is 5.32 Å². The highest BCUT2D eigenvalue weighted by Crippen LogP contribution is 2.35. The predicted molar refractivity (Wildman–Crippen MR) is 67.4 cm³/mol. The first kappa shape index (κ1) is 17.3. The van der Waals surface area contributed by atoms with Crippen molar-refractivity contribution in [3.05, 3.63) is 29.3 Å². The van der Waals surface area contributed by atoms with E-state index in [1.165, 1.54) is 6.92 Å². The first-order valence-electron chi connectivity index (χ1n) is 6.13. The second-order valence-corrected chi connectivity index (χ2v) is 4.56. The van der Waals surface area contributed by atoms with Gasteiger partial charge in [-0.3, -0.25) is 4.79 Å². The number of nitrogens with one attached hydrogen (secondary N) is 1. The minimum atomic E-state index is -4.62. The van der Waals surface area contributed by atoms with Gasteiger partial charge in [0.2, 0.25) is 5.91 Å². The molecule has 0 aliphatic heterocycles. The summed E-state index contributed by atoms with van der Waals surface area (Å²) < 4.78 is 37.7. The number of benzene rings is 1. The van der Waals surface area contributed by atoms with E-state index in [4.69, 9.17) is 0 Å². The molecule has 0 heterocycles. The molecule has 1 aromatic carbocycles. The molecule has 0 bridgehead atoms. The second kappa shape index (κ2) is 6.77. The monoisotopic (exact) mass is 307 g/mol. The van der Waals surface area contributed by atoms with Crippen molar-refractivity contribution < 1.29 is 33.3 Å². The molecular weight excluding hydrogens is 291 g/mol. The summed E-state index contributed by atoms with van der Waals surface area (Å²) in [6, 6.07) is 2.07. The Hall–Kier alpha value is -1.80. The van der Waals surface area contributed by atoms with Gasteiger partial charge in [-0.2, -0.15) is 13.2 Å². The molecule has 0 spiro atoms. The highest BCUT2D eigenvalue weighted by Gasteiger charge is 2.32. The van der Waals surface area contributed by atoms with E-state index in [0.717, 1.165) is 6.07 Å². The number of hydrogen-bond donors (Lipinski definition) is 4. The van der Waals surface area contributed by atoms with E-state index in [-0.39, 0.29) is 18.9 Å². The molecule has 0 saturated heterocycles. The normalized spacial score (nSPS) is 14.6. The molecular formula is C13H16F3NO4. The van der Waals surface area contributed by atoms with Crippen LogP contribution in [0.15, 0.2) is 18.2 Å². The zero-order valence-corrected chi connectivity index (χ0v) is 11.2. The highest BCUT2D eigenvalue weighted by molar-refractivity contribution is 5.72. The van der Waals surface area contributed by atoms with Crippen LogP contribution >= 0.6 is 0 Å². The van der Waals surface area contributed by atoms with Gasteiger partial charge in [0, 0.05) is 19.0 Å². The Kier molecular flexibility index (Phi) is 5.56. The van der Waals surface area contributed by atoms with Crippen LogP contribution in [0.2, 0.25) is 0 Å². The number of aromatic hydroxyl groups is 1. The van der Waals surface area contributed by atoms with Crippen molar-refractivity contribution in [2.45, 2.75) is 31.7 Å². The van der Waals surface area contributed by atoms with Gasteiger partial charge < -0.3 is 20.6 Å². The fourth-order valence-electron chi connectivity index (χ4n) is 1.73. The van der Waals surface area contributed by atoms with Crippen molar-refractivity contribution in [2.75, 3.05) is 6.54 Å². The molecule has 4 N–H and O–H groups in total. The number of rotatable bonds is 5. The van der Waals surface area contributed by atoms with E-state index in [0.29, 0.717) is 12.1 Å². The fourth-order valence-corrected chi connectivity index (χ4v) is 1.73. The van der Waals surface area contributed by atoms with Crippen molar-refractivity contribution in [1.82, 2.24) is 5.32 Å². The summed E-state index contributed by atoms with van der Waals surface area (Å²) in [5.74, 6) is -0.882. The Labute approximate surface area is 119 Å². The minimum Gasteiger partial charge on any atom is -0.508 e. The molecule has 118 valence electrons. The number of alkyl halides is 3. The Morgan fingerprint density at radius 2 is 1.95 bits per heavy atom. The van der Waals surface area contributed by atoms with Gasteiger partial charge in [-0.1, -0.05) is 0 Å². The fraction of sp³-hybridized carbons (Fsp3) is 0.462. The van der Waals surface area contributed by atoms with E-state index in [2.05, 4.69) is 5.32 Å². The maximum Gasteiger partial charge on any atom is 0.416 e. The average molecular weight is 307 g/mol. The van der Waals surface area contributed by atoms with Gasteiger partial charge in [-0.15, -0.1) is 0 Å². The van der Waals surface area contributed by atoms with Crippen LogP contribution in [0.1, 0.15) is 30.6 Å². The summed E-state index contributed by atoms with van der Waals surface area (Å²) in [6.45, 7) is 1.31. The summed E-state index contributed by atoms with van der Waals surface area (Å²) >= 11 is 0. The van der Waals surface area contributed by atoms with E-state index >= 15 is 0 Å². The van der Waals surface area contributed by atoms with Crippen LogP contribution in [-0.2, 0) is 11.0 Å². The van der Waals surface area contributed by atoms with Crippen molar-refractivity contribution in [1.29, 1.82) is 0 Å². The Balaban J connectivity index is 2.85. The number of carbonyl (C=O) groups excluding carboxylic acids is 1. The zero-order chi connectivity index (χ0) is 16.2. The van der Waals surface area contributed by atoms with Crippen molar-refractivity contribution in [2.24, 2.45) is 0 Å². The predicted octanol–water partition coefficient (Wildman–Crippen LogP) is 1.33. The van der Waals surface area contributed by atoms with Gasteiger partial charge in [-0.25, -0.2) is 0 Å². The molecule has 0 aromatic heterocycles. The maximum absolute atomic E-state index is 12.6. The minimum absolute atomic E-state index is 0.0489. The van der Waals surface area contributed by atoms with Crippen molar-refractivity contribution in [3.63, 3.8) is 0 Å². The topological polar surface area (TPSA) is 89.8 Å². The largest absolute Gasteiger partial charge is 0.508 e. The lowest BCUT2D eigenvalue weighted by Crippen LogP contribution is -2.27. The number of amides is 1. The molecule has 1 aromatic rings. The third kappa shape index (κ3) is 4.91. The molecule has 0 radical (unpaired) electrons. The van der Waals surface area contributed by atoms with Crippen LogP contribution in [0.25, 0.3) is 0 Å². The molecule has 1 amide bonds. The second-order valence-electron chi connectivity index (χ2n) is 4.56. The Bertz CT molecular complexity index is 505. The standard InChI is InChI=1S/C13H16F3NO4/c1-7(18)17-5-4-11(20)12(21)9-6-8(13(14,15)16)2-3-10(9)19/h2-3,6,11-12,19-21H,4-5H2,1H3,(H,17,18). The van der Waals surface area contributed by atoms with Gasteiger partial charge in [0.15, 0.2) is 0 Å².